The number of hydrogen-bond donors (Lipinski definition) is 1. The van der Waals surface area contributed by atoms with Crippen molar-refractivity contribution in [2.24, 2.45) is 0 Å². The normalized spacial score (nSPS) is 17.3. The number of amides is 1. The summed E-state index contributed by atoms with van der Waals surface area (Å²) >= 11 is 6.20. The number of halogens is 1. The van der Waals surface area contributed by atoms with E-state index in [4.69, 9.17) is 21.1 Å². The molecule has 8 heteroatoms. The van der Waals surface area contributed by atoms with Crippen LogP contribution in [-0.4, -0.2) is 36.0 Å². The summed E-state index contributed by atoms with van der Waals surface area (Å²) in [6.07, 6.45) is 3.15. The van der Waals surface area contributed by atoms with Crippen LogP contribution in [0.2, 0.25) is 5.02 Å². The molecule has 1 saturated heterocycles. The molecule has 0 radical (unpaired) electrons. The van der Waals surface area contributed by atoms with Gasteiger partial charge in [-0.2, -0.15) is 0 Å². The molecule has 1 fully saturated rings. The van der Waals surface area contributed by atoms with Gasteiger partial charge in [-0.05, 0) is 36.8 Å². The molecule has 1 aliphatic rings. The number of carbonyl (C=O) groups excluding carboxylic acids is 2. The number of ketones is 1. The highest BCUT2D eigenvalue weighted by molar-refractivity contribution is 6.51. The summed E-state index contributed by atoms with van der Waals surface area (Å²) < 4.78 is 10.6. The topological polar surface area (TPSA) is 89.0 Å². The number of pyridine rings is 1. The zero-order valence-corrected chi connectivity index (χ0v) is 19.0. The second kappa shape index (κ2) is 8.96. The molecule has 0 spiro atoms. The summed E-state index contributed by atoms with van der Waals surface area (Å²) in [5.74, 6) is -1.47. The number of aromatic nitrogens is 1. The van der Waals surface area contributed by atoms with Gasteiger partial charge in [0.15, 0.2) is 0 Å². The van der Waals surface area contributed by atoms with E-state index in [9.17, 15) is 14.7 Å². The first-order valence-electron chi connectivity index (χ1n) is 10.1. The number of aliphatic hydroxyl groups excluding tert-OH is 1. The fraction of sp³-hybridized carbons (Fsp3) is 0.160. The van der Waals surface area contributed by atoms with Crippen molar-refractivity contribution < 1.29 is 24.2 Å². The first-order valence-corrected chi connectivity index (χ1v) is 10.4. The third-order valence-corrected chi connectivity index (χ3v) is 5.78. The number of aryl methyl sites for hydroxylation is 1. The quantitative estimate of drug-likeness (QED) is 0.335. The molecular weight excluding hydrogens is 444 g/mol. The van der Waals surface area contributed by atoms with Gasteiger partial charge in [-0.25, -0.2) is 0 Å². The third kappa shape index (κ3) is 3.91. The molecule has 33 heavy (non-hydrogen) atoms. The van der Waals surface area contributed by atoms with Crippen LogP contribution in [-0.2, 0) is 9.59 Å². The van der Waals surface area contributed by atoms with Crippen LogP contribution in [0.1, 0.15) is 22.7 Å². The van der Waals surface area contributed by atoms with Crippen LogP contribution < -0.4 is 14.4 Å². The summed E-state index contributed by atoms with van der Waals surface area (Å²) in [5.41, 5.74) is 2.19. The highest BCUT2D eigenvalue weighted by Gasteiger charge is 2.47. The number of ether oxygens (including phenoxy) is 2. The zero-order valence-electron chi connectivity index (χ0n) is 18.2. The third-order valence-electron chi connectivity index (χ3n) is 5.49. The van der Waals surface area contributed by atoms with Gasteiger partial charge in [0.1, 0.15) is 17.3 Å². The largest absolute Gasteiger partial charge is 0.507 e. The second-order valence-electron chi connectivity index (χ2n) is 7.48. The lowest BCUT2D eigenvalue weighted by Gasteiger charge is -2.25. The average Bonchev–Trinajstić information content (AvgIpc) is 3.10. The molecule has 2 aromatic carbocycles. The Bertz CT molecular complexity index is 1260. The Kier molecular flexibility index (Phi) is 6.07. The Balaban J connectivity index is 1.98. The second-order valence-corrected chi connectivity index (χ2v) is 7.89. The number of aliphatic hydroxyl groups is 1. The van der Waals surface area contributed by atoms with E-state index in [-0.39, 0.29) is 27.7 Å². The van der Waals surface area contributed by atoms with Crippen molar-refractivity contribution in [2.75, 3.05) is 19.1 Å². The number of nitrogens with zero attached hydrogens (tertiary/aromatic N) is 2. The van der Waals surface area contributed by atoms with Crippen molar-refractivity contribution in [3.8, 4) is 11.5 Å². The van der Waals surface area contributed by atoms with Crippen molar-refractivity contribution in [3.63, 3.8) is 0 Å². The van der Waals surface area contributed by atoms with Gasteiger partial charge in [0, 0.05) is 24.1 Å². The molecule has 7 nitrogen and oxygen atoms in total. The SMILES string of the molecule is COc1cc(/C(O)=C2\C(=O)C(=O)N(c3ccc(C)cc3)C2c2cccnc2)c(OC)cc1Cl. The minimum atomic E-state index is -0.896. The van der Waals surface area contributed by atoms with Crippen LogP contribution in [0.3, 0.4) is 0 Å². The molecule has 0 aliphatic carbocycles. The highest BCUT2D eigenvalue weighted by Crippen LogP contribution is 2.44. The summed E-state index contributed by atoms with van der Waals surface area (Å²) in [5, 5.41) is 11.6. The molecule has 1 aromatic heterocycles. The number of Topliss-reactive ketones (excluding diaryl/α,β-unsaturated/α-hetero) is 1. The Morgan fingerprint density at radius 2 is 1.76 bits per heavy atom. The predicted molar refractivity (Wildman–Crippen MR) is 125 cm³/mol. The molecule has 1 amide bonds. The smallest absolute Gasteiger partial charge is 0.300 e. The molecule has 4 rings (SSSR count). The van der Waals surface area contributed by atoms with Crippen LogP contribution in [0, 0.1) is 6.92 Å². The predicted octanol–water partition coefficient (Wildman–Crippen LogP) is 4.69. The van der Waals surface area contributed by atoms with Crippen molar-refractivity contribution in [1.82, 2.24) is 4.98 Å². The molecule has 1 aliphatic heterocycles. The fourth-order valence-corrected chi connectivity index (χ4v) is 4.08. The Morgan fingerprint density at radius 3 is 2.36 bits per heavy atom. The Labute approximate surface area is 195 Å². The van der Waals surface area contributed by atoms with E-state index in [0.29, 0.717) is 11.3 Å². The molecule has 0 bridgehead atoms. The summed E-state index contributed by atoms with van der Waals surface area (Å²) in [4.78, 5) is 31.9. The van der Waals surface area contributed by atoms with E-state index in [1.54, 1.807) is 36.7 Å². The molecular formula is C25H21ClN2O5. The minimum Gasteiger partial charge on any atom is -0.507 e. The molecule has 1 atom stereocenters. The molecule has 3 aromatic rings. The Morgan fingerprint density at radius 1 is 1.06 bits per heavy atom. The fourth-order valence-electron chi connectivity index (χ4n) is 3.85. The number of anilines is 1. The van der Waals surface area contributed by atoms with Gasteiger partial charge >= 0.3 is 0 Å². The van der Waals surface area contributed by atoms with Crippen molar-refractivity contribution in [1.29, 1.82) is 0 Å². The van der Waals surface area contributed by atoms with Gasteiger partial charge in [0.25, 0.3) is 11.7 Å². The lowest BCUT2D eigenvalue weighted by Crippen LogP contribution is -2.29. The van der Waals surface area contributed by atoms with E-state index in [1.807, 2.05) is 19.1 Å². The van der Waals surface area contributed by atoms with Crippen LogP contribution in [0.5, 0.6) is 11.5 Å². The van der Waals surface area contributed by atoms with E-state index in [1.165, 1.54) is 31.3 Å². The molecule has 168 valence electrons. The van der Waals surface area contributed by atoms with Crippen molar-refractivity contribution >= 4 is 34.7 Å². The maximum Gasteiger partial charge on any atom is 0.300 e. The van der Waals surface area contributed by atoms with Crippen LogP contribution in [0.25, 0.3) is 5.76 Å². The summed E-state index contributed by atoms with van der Waals surface area (Å²) in [6, 6.07) is 12.7. The van der Waals surface area contributed by atoms with Gasteiger partial charge < -0.3 is 14.6 Å². The van der Waals surface area contributed by atoms with Gasteiger partial charge in [-0.3, -0.25) is 19.5 Å². The number of methoxy groups -OCH3 is 2. The van der Waals surface area contributed by atoms with Crippen LogP contribution in [0.4, 0.5) is 5.69 Å². The summed E-state index contributed by atoms with van der Waals surface area (Å²) in [7, 11) is 2.85. The van der Waals surface area contributed by atoms with Crippen molar-refractivity contribution in [2.45, 2.75) is 13.0 Å². The van der Waals surface area contributed by atoms with Gasteiger partial charge in [-0.15, -0.1) is 0 Å². The van der Waals surface area contributed by atoms with Crippen molar-refractivity contribution in [3.05, 3.63) is 88.2 Å². The monoisotopic (exact) mass is 464 g/mol. The number of benzene rings is 2. The molecule has 2 heterocycles. The first-order chi connectivity index (χ1) is 15.9. The number of carbonyl (C=O) groups is 2. The maximum atomic E-state index is 13.2. The van der Waals surface area contributed by atoms with Crippen LogP contribution >= 0.6 is 11.6 Å². The molecule has 1 unspecified atom stereocenters. The van der Waals surface area contributed by atoms with Crippen LogP contribution in [0.15, 0.2) is 66.5 Å². The van der Waals surface area contributed by atoms with Gasteiger partial charge in [-0.1, -0.05) is 35.4 Å². The number of hydrogen-bond acceptors (Lipinski definition) is 6. The van der Waals surface area contributed by atoms with E-state index >= 15 is 0 Å². The molecule has 0 saturated carbocycles. The van der Waals surface area contributed by atoms with E-state index < -0.39 is 23.5 Å². The average molecular weight is 465 g/mol. The van der Waals surface area contributed by atoms with Gasteiger partial charge in [0.2, 0.25) is 0 Å². The zero-order chi connectivity index (χ0) is 23.7. The Hall–Kier alpha value is -3.84. The number of rotatable bonds is 5. The lowest BCUT2D eigenvalue weighted by atomic mass is 9.95. The first kappa shape index (κ1) is 22.4. The maximum absolute atomic E-state index is 13.2. The summed E-state index contributed by atoms with van der Waals surface area (Å²) in [6.45, 7) is 1.93. The standard InChI is InChI=1S/C25H21ClN2O5/c1-14-6-8-16(9-7-14)28-22(15-5-4-10-27-13-15)21(24(30)25(28)31)23(29)17-11-20(33-3)18(26)12-19(17)32-2/h4-13,22,29H,1-3H3/b23-21+. The minimum absolute atomic E-state index is 0.0868. The van der Waals surface area contributed by atoms with E-state index in [2.05, 4.69) is 4.98 Å². The van der Waals surface area contributed by atoms with E-state index in [0.717, 1.165) is 5.56 Å². The highest BCUT2D eigenvalue weighted by atomic mass is 35.5. The van der Waals surface area contributed by atoms with Gasteiger partial charge in [0.05, 0.1) is 36.4 Å². The lowest BCUT2D eigenvalue weighted by molar-refractivity contribution is -0.132. The molecule has 1 N–H and O–H groups in total.